The normalized spacial score (nSPS) is 15.0. The molecule has 1 fully saturated rings. The van der Waals surface area contributed by atoms with Gasteiger partial charge in [-0.2, -0.15) is 5.10 Å². The van der Waals surface area contributed by atoms with Crippen molar-refractivity contribution in [3.63, 3.8) is 0 Å². The number of amides is 1. The quantitative estimate of drug-likeness (QED) is 0.361. The van der Waals surface area contributed by atoms with Crippen molar-refractivity contribution in [1.29, 1.82) is 0 Å². The Morgan fingerprint density at radius 3 is 2.32 bits per heavy atom. The maximum atomic E-state index is 12.5. The molecule has 1 aliphatic rings. The molecule has 1 heterocycles. The Balaban J connectivity index is 1.25. The molecule has 4 heteroatoms. The lowest BCUT2D eigenvalue weighted by Gasteiger charge is -2.32. The number of carbonyl (C=O) groups excluding carboxylic acids is 1. The molecule has 3 aromatic carbocycles. The molecule has 0 radical (unpaired) electrons. The SMILES string of the molecule is Cc1ccc(/C=N\NC(=O)c2ccc(CN3CCC(Cc4ccccc4)CC3)cc2)c(C)c1C. The molecule has 0 aliphatic carbocycles. The zero-order valence-electron chi connectivity index (χ0n) is 20.6. The van der Waals surface area contributed by atoms with Gasteiger partial charge in [-0.05, 0) is 105 Å². The zero-order chi connectivity index (χ0) is 23.9. The van der Waals surface area contributed by atoms with E-state index in [9.17, 15) is 4.79 Å². The third-order valence-electron chi connectivity index (χ3n) is 7.17. The predicted molar refractivity (Wildman–Crippen MR) is 140 cm³/mol. The van der Waals surface area contributed by atoms with E-state index in [0.29, 0.717) is 5.56 Å². The summed E-state index contributed by atoms with van der Waals surface area (Å²) in [4.78, 5) is 15.0. The first kappa shape index (κ1) is 23.9. The van der Waals surface area contributed by atoms with E-state index < -0.39 is 0 Å². The van der Waals surface area contributed by atoms with E-state index in [-0.39, 0.29) is 5.91 Å². The Kier molecular flexibility index (Phi) is 7.91. The van der Waals surface area contributed by atoms with Crippen molar-refractivity contribution in [3.05, 3.63) is 106 Å². The summed E-state index contributed by atoms with van der Waals surface area (Å²) in [7, 11) is 0. The summed E-state index contributed by atoms with van der Waals surface area (Å²) in [5.74, 6) is 0.587. The fourth-order valence-corrected chi connectivity index (χ4v) is 4.66. The highest BCUT2D eigenvalue weighted by atomic mass is 16.2. The number of carbonyl (C=O) groups is 1. The summed E-state index contributed by atoms with van der Waals surface area (Å²) >= 11 is 0. The molecule has 0 bridgehead atoms. The van der Waals surface area contributed by atoms with Crippen LogP contribution in [0.5, 0.6) is 0 Å². The van der Waals surface area contributed by atoms with E-state index in [2.05, 4.69) is 84.7 Å². The molecule has 0 unspecified atom stereocenters. The van der Waals surface area contributed by atoms with Crippen LogP contribution in [0.15, 0.2) is 71.8 Å². The van der Waals surface area contributed by atoms with Gasteiger partial charge in [-0.1, -0.05) is 54.6 Å². The third kappa shape index (κ3) is 6.21. The number of hydrogen-bond acceptors (Lipinski definition) is 3. The number of likely N-dealkylation sites (tertiary alicyclic amines) is 1. The van der Waals surface area contributed by atoms with Crippen LogP contribution in [0.1, 0.15) is 56.6 Å². The number of hydrogen-bond donors (Lipinski definition) is 1. The van der Waals surface area contributed by atoms with Crippen molar-refractivity contribution in [2.24, 2.45) is 11.0 Å². The molecule has 0 aromatic heterocycles. The summed E-state index contributed by atoms with van der Waals surface area (Å²) < 4.78 is 0. The highest BCUT2D eigenvalue weighted by Gasteiger charge is 2.19. The van der Waals surface area contributed by atoms with Gasteiger partial charge in [-0.15, -0.1) is 0 Å². The number of piperidine rings is 1. The lowest BCUT2D eigenvalue weighted by molar-refractivity contribution is 0.0955. The van der Waals surface area contributed by atoms with Crippen LogP contribution in [-0.2, 0) is 13.0 Å². The van der Waals surface area contributed by atoms with Crippen LogP contribution < -0.4 is 5.43 Å². The van der Waals surface area contributed by atoms with Gasteiger partial charge in [0.2, 0.25) is 0 Å². The van der Waals surface area contributed by atoms with Crippen LogP contribution in [0.2, 0.25) is 0 Å². The molecule has 4 rings (SSSR count). The van der Waals surface area contributed by atoms with Crippen LogP contribution in [0, 0.1) is 26.7 Å². The van der Waals surface area contributed by atoms with Crippen molar-refractivity contribution < 1.29 is 4.79 Å². The summed E-state index contributed by atoms with van der Waals surface area (Å²) in [6, 6.07) is 22.8. The molecular weight excluding hydrogens is 418 g/mol. The smallest absolute Gasteiger partial charge is 0.271 e. The molecule has 34 heavy (non-hydrogen) atoms. The maximum absolute atomic E-state index is 12.5. The lowest BCUT2D eigenvalue weighted by Crippen LogP contribution is -2.33. The Morgan fingerprint density at radius 2 is 1.62 bits per heavy atom. The Morgan fingerprint density at radius 1 is 0.912 bits per heavy atom. The van der Waals surface area contributed by atoms with Gasteiger partial charge >= 0.3 is 0 Å². The number of hydrazone groups is 1. The molecule has 1 aliphatic heterocycles. The van der Waals surface area contributed by atoms with Gasteiger partial charge in [0.15, 0.2) is 0 Å². The Bertz CT molecular complexity index is 1130. The summed E-state index contributed by atoms with van der Waals surface area (Å²) in [6.07, 6.45) is 5.39. The largest absolute Gasteiger partial charge is 0.299 e. The molecule has 1 N–H and O–H groups in total. The fourth-order valence-electron chi connectivity index (χ4n) is 4.66. The summed E-state index contributed by atoms with van der Waals surface area (Å²) in [6.45, 7) is 9.48. The van der Waals surface area contributed by atoms with E-state index in [1.807, 2.05) is 18.2 Å². The van der Waals surface area contributed by atoms with Crippen LogP contribution in [0.3, 0.4) is 0 Å². The number of nitrogens with one attached hydrogen (secondary N) is 1. The zero-order valence-corrected chi connectivity index (χ0v) is 20.6. The second kappa shape index (κ2) is 11.3. The highest BCUT2D eigenvalue weighted by molar-refractivity contribution is 5.95. The first-order valence-electron chi connectivity index (χ1n) is 12.2. The monoisotopic (exact) mass is 453 g/mol. The van der Waals surface area contributed by atoms with Crippen LogP contribution >= 0.6 is 0 Å². The molecule has 0 spiro atoms. The Hall–Kier alpha value is -3.24. The standard InChI is InChI=1S/C30H35N3O/c1-22-9-12-29(24(3)23(22)2)20-31-32-30(34)28-13-10-27(11-14-28)21-33-17-15-26(16-18-33)19-25-7-5-4-6-8-25/h4-14,20,26H,15-19,21H2,1-3H3,(H,32,34)/b31-20-. The number of benzene rings is 3. The first-order chi connectivity index (χ1) is 16.5. The molecule has 4 nitrogen and oxygen atoms in total. The molecule has 0 atom stereocenters. The lowest BCUT2D eigenvalue weighted by atomic mass is 9.90. The second-order valence-electron chi connectivity index (χ2n) is 9.53. The summed E-state index contributed by atoms with van der Waals surface area (Å²) in [5.41, 5.74) is 10.7. The van der Waals surface area contributed by atoms with Gasteiger partial charge in [0, 0.05) is 12.1 Å². The molecule has 1 amide bonds. The fraction of sp³-hybridized carbons (Fsp3) is 0.333. The third-order valence-corrected chi connectivity index (χ3v) is 7.17. The van der Waals surface area contributed by atoms with Crippen molar-refractivity contribution in [2.45, 2.75) is 46.6 Å². The highest BCUT2D eigenvalue weighted by Crippen LogP contribution is 2.23. The van der Waals surface area contributed by atoms with Crippen molar-refractivity contribution in [3.8, 4) is 0 Å². The van der Waals surface area contributed by atoms with Gasteiger partial charge in [-0.3, -0.25) is 9.69 Å². The average molecular weight is 454 g/mol. The number of nitrogens with zero attached hydrogens (tertiary/aromatic N) is 2. The Labute approximate surface area is 203 Å². The first-order valence-corrected chi connectivity index (χ1v) is 12.2. The van der Waals surface area contributed by atoms with Crippen LogP contribution in [0.25, 0.3) is 0 Å². The topological polar surface area (TPSA) is 44.7 Å². The van der Waals surface area contributed by atoms with Crippen molar-refractivity contribution >= 4 is 12.1 Å². The average Bonchev–Trinajstić information content (AvgIpc) is 2.86. The van der Waals surface area contributed by atoms with Crippen LogP contribution in [-0.4, -0.2) is 30.1 Å². The van der Waals surface area contributed by atoms with E-state index >= 15 is 0 Å². The minimum atomic E-state index is -0.189. The number of aryl methyl sites for hydroxylation is 1. The minimum Gasteiger partial charge on any atom is -0.299 e. The second-order valence-corrected chi connectivity index (χ2v) is 9.53. The molecule has 3 aromatic rings. The van der Waals surface area contributed by atoms with Gasteiger partial charge in [0.05, 0.1) is 6.21 Å². The molecule has 0 saturated carbocycles. The van der Waals surface area contributed by atoms with E-state index in [1.165, 1.54) is 47.1 Å². The molecule has 1 saturated heterocycles. The van der Waals surface area contributed by atoms with Gasteiger partial charge < -0.3 is 0 Å². The molecular formula is C30H35N3O. The number of rotatable bonds is 7. The maximum Gasteiger partial charge on any atom is 0.271 e. The van der Waals surface area contributed by atoms with Gasteiger partial charge in [0.25, 0.3) is 5.91 Å². The van der Waals surface area contributed by atoms with Gasteiger partial charge in [-0.25, -0.2) is 5.43 Å². The predicted octanol–water partition coefficient (Wildman–Crippen LogP) is 5.83. The minimum absolute atomic E-state index is 0.189. The van der Waals surface area contributed by atoms with Crippen LogP contribution in [0.4, 0.5) is 0 Å². The van der Waals surface area contributed by atoms with Crippen molar-refractivity contribution in [1.82, 2.24) is 10.3 Å². The summed E-state index contributed by atoms with van der Waals surface area (Å²) in [5, 5.41) is 4.17. The molecule has 176 valence electrons. The van der Waals surface area contributed by atoms with E-state index in [0.717, 1.165) is 31.1 Å². The van der Waals surface area contributed by atoms with E-state index in [1.54, 1.807) is 6.21 Å². The van der Waals surface area contributed by atoms with E-state index in [4.69, 9.17) is 0 Å². The van der Waals surface area contributed by atoms with Crippen molar-refractivity contribution in [2.75, 3.05) is 13.1 Å². The van der Waals surface area contributed by atoms with Gasteiger partial charge in [0.1, 0.15) is 0 Å².